The molecule has 1 aliphatic heterocycles. The second-order valence-electron chi connectivity index (χ2n) is 5.67. The van der Waals surface area contributed by atoms with Gasteiger partial charge in [0.25, 0.3) is 0 Å². The number of rotatable bonds is 5. The zero-order chi connectivity index (χ0) is 16.2. The molecule has 0 aliphatic carbocycles. The molecule has 0 spiro atoms. The van der Waals surface area contributed by atoms with Crippen LogP contribution in [0.3, 0.4) is 0 Å². The van der Waals surface area contributed by atoms with E-state index in [-0.39, 0.29) is 11.9 Å². The second kappa shape index (κ2) is 7.00. The number of methoxy groups -OCH3 is 1. The number of ether oxygens (including phenoxy) is 1. The molecule has 2 aromatic rings. The molecule has 3 rings (SSSR count). The predicted molar refractivity (Wildman–Crippen MR) is 93.3 cm³/mol. The Morgan fingerprint density at radius 2 is 2.22 bits per heavy atom. The number of piperidine rings is 1. The topological polar surface area (TPSA) is 54.5 Å². The van der Waals surface area contributed by atoms with Crippen LogP contribution in [0.15, 0.2) is 30.5 Å². The highest BCUT2D eigenvalue weighted by molar-refractivity contribution is 7.05. The van der Waals surface area contributed by atoms with Gasteiger partial charge in [-0.1, -0.05) is 0 Å². The van der Waals surface area contributed by atoms with Gasteiger partial charge in [0.2, 0.25) is 5.91 Å². The van der Waals surface area contributed by atoms with E-state index in [1.165, 1.54) is 16.4 Å². The van der Waals surface area contributed by atoms with Crippen molar-refractivity contribution in [3.8, 4) is 5.75 Å². The van der Waals surface area contributed by atoms with Crippen LogP contribution in [0.4, 0.5) is 11.4 Å². The standard InChI is InChI=1S/C17H21N3O2S/c1-12(16-8-9-18-23-16)19-13-6-7-15(22-2)14(11-13)20-10-4-3-5-17(20)21/h6-9,11-12,19H,3-5,10H2,1-2H3. The van der Waals surface area contributed by atoms with Crippen LogP contribution < -0.4 is 15.0 Å². The highest BCUT2D eigenvalue weighted by Gasteiger charge is 2.23. The minimum atomic E-state index is 0.167. The fourth-order valence-corrected chi connectivity index (χ4v) is 3.40. The van der Waals surface area contributed by atoms with Crippen molar-refractivity contribution >= 4 is 28.8 Å². The van der Waals surface area contributed by atoms with Crippen molar-refractivity contribution in [2.45, 2.75) is 32.2 Å². The Hall–Kier alpha value is -2.08. The molecule has 1 aliphatic rings. The van der Waals surface area contributed by atoms with E-state index in [4.69, 9.17) is 4.74 Å². The molecule has 1 N–H and O–H groups in total. The Morgan fingerprint density at radius 3 is 2.91 bits per heavy atom. The predicted octanol–water partition coefficient (Wildman–Crippen LogP) is 3.84. The van der Waals surface area contributed by atoms with Gasteiger partial charge in [-0.25, -0.2) is 4.37 Å². The number of hydrogen-bond donors (Lipinski definition) is 1. The number of amides is 1. The summed E-state index contributed by atoms with van der Waals surface area (Å²) in [7, 11) is 1.64. The third kappa shape index (κ3) is 3.47. The number of aromatic nitrogens is 1. The summed E-state index contributed by atoms with van der Waals surface area (Å²) in [6.07, 6.45) is 4.42. The average Bonchev–Trinajstić information content (AvgIpc) is 3.10. The lowest BCUT2D eigenvalue weighted by molar-refractivity contribution is -0.119. The molecule has 0 radical (unpaired) electrons. The molecule has 6 heteroatoms. The Balaban J connectivity index is 1.85. The smallest absolute Gasteiger partial charge is 0.227 e. The van der Waals surface area contributed by atoms with E-state index in [1.807, 2.05) is 35.4 Å². The quantitative estimate of drug-likeness (QED) is 0.904. The maximum absolute atomic E-state index is 12.2. The monoisotopic (exact) mass is 331 g/mol. The zero-order valence-electron chi connectivity index (χ0n) is 13.4. The van der Waals surface area contributed by atoms with Crippen LogP contribution in [-0.2, 0) is 4.79 Å². The molecule has 1 atom stereocenters. The first-order valence-electron chi connectivity index (χ1n) is 7.84. The normalized spacial score (nSPS) is 16.3. The largest absolute Gasteiger partial charge is 0.495 e. The van der Waals surface area contributed by atoms with E-state index in [9.17, 15) is 4.79 Å². The number of anilines is 2. The van der Waals surface area contributed by atoms with E-state index in [2.05, 4.69) is 16.6 Å². The van der Waals surface area contributed by atoms with Gasteiger partial charge in [-0.3, -0.25) is 4.79 Å². The highest BCUT2D eigenvalue weighted by atomic mass is 32.1. The summed E-state index contributed by atoms with van der Waals surface area (Å²) in [4.78, 5) is 15.2. The highest BCUT2D eigenvalue weighted by Crippen LogP contribution is 2.34. The summed E-state index contributed by atoms with van der Waals surface area (Å²) < 4.78 is 9.59. The minimum Gasteiger partial charge on any atom is -0.495 e. The van der Waals surface area contributed by atoms with Crippen LogP contribution in [0, 0.1) is 0 Å². The summed E-state index contributed by atoms with van der Waals surface area (Å²) in [5, 5.41) is 3.47. The first-order chi connectivity index (χ1) is 11.2. The number of nitrogens with one attached hydrogen (secondary N) is 1. The second-order valence-corrected chi connectivity index (χ2v) is 6.53. The first kappa shape index (κ1) is 15.8. The van der Waals surface area contributed by atoms with E-state index >= 15 is 0 Å². The van der Waals surface area contributed by atoms with E-state index in [0.29, 0.717) is 6.42 Å². The molecule has 5 nitrogen and oxygen atoms in total. The van der Waals surface area contributed by atoms with E-state index < -0.39 is 0 Å². The van der Waals surface area contributed by atoms with Crippen LogP contribution in [0.25, 0.3) is 0 Å². The average molecular weight is 331 g/mol. The Morgan fingerprint density at radius 1 is 1.35 bits per heavy atom. The lowest BCUT2D eigenvalue weighted by Crippen LogP contribution is -2.35. The molecule has 1 aromatic carbocycles. The molecule has 1 aromatic heterocycles. The lowest BCUT2D eigenvalue weighted by atomic mass is 10.1. The number of nitrogens with zero attached hydrogens (tertiary/aromatic N) is 2. The number of benzene rings is 1. The van der Waals surface area contributed by atoms with Crippen LogP contribution in [0.1, 0.15) is 37.1 Å². The Kier molecular flexibility index (Phi) is 4.81. The number of hydrogen-bond acceptors (Lipinski definition) is 5. The van der Waals surface area contributed by atoms with Crippen molar-refractivity contribution < 1.29 is 9.53 Å². The molecule has 1 unspecified atom stereocenters. The summed E-state index contributed by atoms with van der Waals surface area (Å²) >= 11 is 1.49. The van der Waals surface area contributed by atoms with E-state index in [0.717, 1.165) is 36.5 Å². The van der Waals surface area contributed by atoms with Gasteiger partial charge in [0, 0.05) is 29.7 Å². The van der Waals surface area contributed by atoms with Gasteiger partial charge in [0.15, 0.2) is 0 Å². The van der Waals surface area contributed by atoms with Gasteiger partial charge >= 0.3 is 0 Å². The maximum Gasteiger partial charge on any atom is 0.227 e. The molecular formula is C17H21N3O2S. The summed E-state index contributed by atoms with van der Waals surface area (Å²) in [5.74, 6) is 0.901. The molecular weight excluding hydrogens is 310 g/mol. The molecule has 0 bridgehead atoms. The third-order valence-electron chi connectivity index (χ3n) is 4.06. The van der Waals surface area contributed by atoms with Crippen LogP contribution in [0.2, 0.25) is 0 Å². The maximum atomic E-state index is 12.2. The van der Waals surface area contributed by atoms with Crippen molar-refractivity contribution in [3.63, 3.8) is 0 Å². The third-order valence-corrected chi connectivity index (χ3v) is 4.99. The molecule has 1 saturated heterocycles. The zero-order valence-corrected chi connectivity index (χ0v) is 14.2. The van der Waals surface area contributed by atoms with Gasteiger partial charge in [-0.15, -0.1) is 0 Å². The minimum absolute atomic E-state index is 0.167. The fourth-order valence-electron chi connectivity index (χ4n) is 2.82. The van der Waals surface area contributed by atoms with Crippen LogP contribution in [0.5, 0.6) is 5.75 Å². The van der Waals surface area contributed by atoms with Gasteiger partial charge in [0.1, 0.15) is 5.75 Å². The summed E-state index contributed by atoms with van der Waals surface area (Å²) in [6.45, 7) is 2.85. The van der Waals surface area contributed by atoms with E-state index in [1.54, 1.807) is 7.11 Å². The molecule has 23 heavy (non-hydrogen) atoms. The molecule has 1 amide bonds. The molecule has 1 fully saturated rings. The van der Waals surface area contributed by atoms with Gasteiger partial charge < -0.3 is 15.0 Å². The first-order valence-corrected chi connectivity index (χ1v) is 8.62. The lowest BCUT2D eigenvalue weighted by Gasteiger charge is -2.28. The van der Waals surface area contributed by atoms with Crippen molar-refractivity contribution in [1.82, 2.24) is 4.37 Å². The number of carbonyl (C=O) groups is 1. The van der Waals surface area contributed by atoms with Crippen molar-refractivity contribution in [1.29, 1.82) is 0 Å². The summed E-state index contributed by atoms with van der Waals surface area (Å²) in [6, 6.07) is 8.08. The molecule has 122 valence electrons. The molecule has 0 saturated carbocycles. The van der Waals surface area contributed by atoms with Gasteiger partial charge in [0.05, 0.1) is 18.8 Å². The SMILES string of the molecule is COc1ccc(NC(C)c2ccns2)cc1N1CCCCC1=O. The summed E-state index contributed by atoms with van der Waals surface area (Å²) in [5.41, 5.74) is 1.82. The Labute approximate surface area is 140 Å². The molecule has 2 heterocycles. The van der Waals surface area contributed by atoms with Crippen molar-refractivity contribution in [3.05, 3.63) is 35.3 Å². The van der Waals surface area contributed by atoms with Crippen molar-refractivity contribution in [2.75, 3.05) is 23.9 Å². The number of carbonyl (C=O) groups excluding carboxylic acids is 1. The van der Waals surface area contributed by atoms with Gasteiger partial charge in [-0.05, 0) is 55.6 Å². The fraction of sp³-hybridized carbons (Fsp3) is 0.412. The van der Waals surface area contributed by atoms with Crippen molar-refractivity contribution in [2.24, 2.45) is 0 Å². The van der Waals surface area contributed by atoms with Crippen LogP contribution in [-0.4, -0.2) is 23.9 Å². The van der Waals surface area contributed by atoms with Gasteiger partial charge in [-0.2, -0.15) is 0 Å². The Bertz CT molecular complexity index is 672. The van der Waals surface area contributed by atoms with Crippen LogP contribution >= 0.6 is 11.5 Å².